The molecule has 0 spiro atoms. The van der Waals surface area contributed by atoms with Crippen LogP contribution in [0.15, 0.2) is 72.3 Å². The predicted molar refractivity (Wildman–Crippen MR) is 109 cm³/mol. The van der Waals surface area contributed by atoms with Crippen molar-refractivity contribution in [3.8, 4) is 0 Å². The Balaban J connectivity index is 1.68. The molecule has 3 rings (SSSR count). The van der Waals surface area contributed by atoms with Gasteiger partial charge in [-0.1, -0.05) is 78.7 Å². The Morgan fingerprint density at radius 3 is 2.00 bits per heavy atom. The van der Waals surface area contributed by atoms with E-state index >= 15 is 0 Å². The van der Waals surface area contributed by atoms with Gasteiger partial charge in [0.1, 0.15) is 5.60 Å². The quantitative estimate of drug-likeness (QED) is 0.505. The van der Waals surface area contributed by atoms with Crippen LogP contribution in [0.3, 0.4) is 0 Å². The summed E-state index contributed by atoms with van der Waals surface area (Å²) >= 11 is 0. The predicted octanol–water partition coefficient (Wildman–Crippen LogP) is 5.45. The molecule has 26 heavy (non-hydrogen) atoms. The van der Waals surface area contributed by atoms with Crippen molar-refractivity contribution in [2.75, 3.05) is 20.2 Å². The maximum absolute atomic E-state index is 6.15. The highest BCUT2D eigenvalue weighted by Crippen LogP contribution is 2.36. The number of ether oxygens (including phenoxy) is 1. The normalized spacial score (nSPS) is 15.0. The number of allylic oxidation sites excluding steroid dienone is 1. The zero-order chi connectivity index (χ0) is 18.1. The molecule has 1 saturated carbocycles. The molecule has 2 nitrogen and oxygen atoms in total. The highest BCUT2D eigenvalue weighted by molar-refractivity contribution is 5.36. The second-order valence-corrected chi connectivity index (χ2v) is 7.14. The summed E-state index contributed by atoms with van der Waals surface area (Å²) in [6.45, 7) is 1.88. The van der Waals surface area contributed by atoms with Gasteiger partial charge in [-0.05, 0) is 49.8 Å². The van der Waals surface area contributed by atoms with E-state index in [1.165, 1.54) is 43.2 Å². The molecule has 2 aromatic rings. The summed E-state index contributed by atoms with van der Waals surface area (Å²) in [7, 11) is 1.82. The fourth-order valence-electron chi connectivity index (χ4n) is 4.00. The topological polar surface area (TPSA) is 21.3 Å². The summed E-state index contributed by atoms with van der Waals surface area (Å²) in [4.78, 5) is 0. The van der Waals surface area contributed by atoms with Crippen molar-refractivity contribution in [2.45, 2.75) is 44.1 Å². The minimum Gasteiger partial charge on any atom is -0.369 e. The lowest BCUT2D eigenvalue weighted by molar-refractivity contribution is 0.0149. The Labute approximate surface area is 158 Å². The van der Waals surface area contributed by atoms with Crippen molar-refractivity contribution in [1.29, 1.82) is 0 Å². The second kappa shape index (κ2) is 9.70. The number of methoxy groups -OCH3 is 1. The number of benzene rings is 2. The van der Waals surface area contributed by atoms with Crippen LogP contribution in [-0.4, -0.2) is 20.2 Å². The van der Waals surface area contributed by atoms with Crippen molar-refractivity contribution in [3.63, 3.8) is 0 Å². The van der Waals surface area contributed by atoms with Crippen molar-refractivity contribution in [2.24, 2.45) is 0 Å². The average Bonchev–Trinajstić information content (AvgIpc) is 2.73. The molecule has 0 aromatic heterocycles. The van der Waals surface area contributed by atoms with Gasteiger partial charge in [-0.2, -0.15) is 0 Å². The van der Waals surface area contributed by atoms with Crippen LogP contribution in [0.5, 0.6) is 0 Å². The third kappa shape index (κ3) is 4.63. The molecule has 2 heteroatoms. The molecule has 0 saturated heterocycles. The Kier molecular flexibility index (Phi) is 7.04. The number of hydrogen-bond acceptors (Lipinski definition) is 2. The van der Waals surface area contributed by atoms with E-state index in [1.54, 1.807) is 5.57 Å². The van der Waals surface area contributed by atoms with E-state index in [4.69, 9.17) is 4.74 Å². The molecule has 0 amide bonds. The van der Waals surface area contributed by atoms with Crippen LogP contribution in [0.4, 0.5) is 0 Å². The fraction of sp³-hybridized carbons (Fsp3) is 0.417. The summed E-state index contributed by atoms with van der Waals surface area (Å²) in [6.07, 6.45) is 10.0. The lowest BCUT2D eigenvalue weighted by atomic mass is 9.83. The van der Waals surface area contributed by atoms with Crippen LogP contribution in [0.25, 0.3) is 0 Å². The highest BCUT2D eigenvalue weighted by atomic mass is 16.5. The molecular formula is C24H31NO. The molecule has 0 unspecified atom stereocenters. The van der Waals surface area contributed by atoms with Crippen LogP contribution in [0.2, 0.25) is 0 Å². The van der Waals surface area contributed by atoms with Crippen molar-refractivity contribution >= 4 is 0 Å². The van der Waals surface area contributed by atoms with Crippen LogP contribution in [0.1, 0.15) is 49.7 Å². The van der Waals surface area contributed by atoms with Crippen molar-refractivity contribution < 1.29 is 4.74 Å². The summed E-state index contributed by atoms with van der Waals surface area (Å²) in [5.41, 5.74) is 3.64. The third-order valence-corrected chi connectivity index (χ3v) is 5.51. The van der Waals surface area contributed by atoms with Crippen LogP contribution >= 0.6 is 0 Å². The molecule has 1 aliphatic rings. The van der Waals surface area contributed by atoms with Gasteiger partial charge in [-0.25, -0.2) is 0 Å². The van der Waals surface area contributed by atoms with Gasteiger partial charge in [0.25, 0.3) is 0 Å². The molecule has 0 aliphatic heterocycles. The van der Waals surface area contributed by atoms with E-state index in [0.717, 1.165) is 19.5 Å². The third-order valence-electron chi connectivity index (χ3n) is 5.51. The summed E-state index contributed by atoms with van der Waals surface area (Å²) in [6, 6.07) is 21.1. The average molecular weight is 350 g/mol. The van der Waals surface area contributed by atoms with Gasteiger partial charge in [0.15, 0.2) is 0 Å². The zero-order valence-corrected chi connectivity index (χ0v) is 15.9. The van der Waals surface area contributed by atoms with Crippen LogP contribution < -0.4 is 5.32 Å². The van der Waals surface area contributed by atoms with Gasteiger partial charge in [-0.3, -0.25) is 0 Å². The van der Waals surface area contributed by atoms with Crippen LogP contribution in [0, 0.1) is 0 Å². The molecule has 0 radical (unpaired) electrons. The summed E-state index contributed by atoms with van der Waals surface area (Å²) < 4.78 is 6.15. The molecule has 1 aliphatic carbocycles. The first kappa shape index (κ1) is 18.9. The monoisotopic (exact) mass is 349 g/mol. The molecule has 1 fully saturated rings. The maximum Gasteiger partial charge on any atom is 0.119 e. The number of hydrogen-bond donors (Lipinski definition) is 1. The molecule has 0 bridgehead atoms. The Morgan fingerprint density at radius 1 is 0.885 bits per heavy atom. The van der Waals surface area contributed by atoms with E-state index < -0.39 is 5.60 Å². The molecule has 0 atom stereocenters. The molecule has 138 valence electrons. The summed E-state index contributed by atoms with van der Waals surface area (Å²) in [5.74, 6) is 0. The lowest BCUT2D eigenvalue weighted by Crippen LogP contribution is -2.34. The van der Waals surface area contributed by atoms with E-state index in [9.17, 15) is 0 Å². The van der Waals surface area contributed by atoms with Gasteiger partial charge in [0.05, 0.1) is 0 Å². The lowest BCUT2D eigenvalue weighted by Gasteiger charge is -2.34. The molecule has 0 heterocycles. The minimum atomic E-state index is -0.409. The van der Waals surface area contributed by atoms with Gasteiger partial charge in [0, 0.05) is 13.7 Å². The second-order valence-electron chi connectivity index (χ2n) is 7.14. The Hall–Kier alpha value is -1.90. The van der Waals surface area contributed by atoms with Crippen LogP contribution in [-0.2, 0) is 10.3 Å². The highest BCUT2D eigenvalue weighted by Gasteiger charge is 2.33. The number of rotatable bonds is 8. The van der Waals surface area contributed by atoms with E-state index in [0.29, 0.717) is 0 Å². The van der Waals surface area contributed by atoms with E-state index in [2.05, 4.69) is 72.1 Å². The van der Waals surface area contributed by atoms with Gasteiger partial charge in [-0.15, -0.1) is 0 Å². The Bertz CT molecular complexity index is 630. The van der Waals surface area contributed by atoms with E-state index in [-0.39, 0.29) is 0 Å². The first-order valence-electron chi connectivity index (χ1n) is 9.90. The number of nitrogens with one attached hydrogen (secondary N) is 1. The van der Waals surface area contributed by atoms with E-state index in [1.807, 2.05) is 7.11 Å². The van der Waals surface area contributed by atoms with Crippen molar-refractivity contribution in [1.82, 2.24) is 5.32 Å². The summed E-state index contributed by atoms with van der Waals surface area (Å²) in [5, 5.41) is 3.61. The first-order chi connectivity index (χ1) is 12.8. The molecule has 2 aromatic carbocycles. The fourth-order valence-corrected chi connectivity index (χ4v) is 4.00. The minimum absolute atomic E-state index is 0.409. The van der Waals surface area contributed by atoms with Crippen molar-refractivity contribution in [3.05, 3.63) is 83.4 Å². The van der Waals surface area contributed by atoms with Gasteiger partial charge >= 0.3 is 0 Å². The smallest absolute Gasteiger partial charge is 0.119 e. The zero-order valence-electron chi connectivity index (χ0n) is 15.9. The van der Waals surface area contributed by atoms with Gasteiger partial charge in [0.2, 0.25) is 0 Å². The SMILES string of the molecule is COC(CCNCC=C1CCCCC1)(c1ccccc1)c1ccccc1. The maximum atomic E-state index is 6.15. The largest absolute Gasteiger partial charge is 0.369 e. The molecular weight excluding hydrogens is 318 g/mol. The first-order valence-corrected chi connectivity index (χ1v) is 9.90. The standard InChI is InChI=1S/C24H31NO/c1-26-24(22-13-7-3-8-14-22,23-15-9-4-10-16-23)18-20-25-19-17-21-11-5-2-6-12-21/h3-4,7-10,13-17,25H,2,5-6,11-12,18-20H2,1H3. The van der Waals surface area contributed by atoms with Gasteiger partial charge < -0.3 is 10.1 Å². The Morgan fingerprint density at radius 2 is 1.46 bits per heavy atom. The molecule has 1 N–H and O–H groups in total.